The Labute approximate surface area is 361 Å². The second-order valence-corrected chi connectivity index (χ2v) is 19.0. The van der Waals surface area contributed by atoms with Crippen LogP contribution in [0.2, 0.25) is 0 Å². The van der Waals surface area contributed by atoms with E-state index in [1.807, 2.05) is 0 Å². The number of carbonyl (C=O) groups is 3. The van der Waals surface area contributed by atoms with Gasteiger partial charge in [-0.2, -0.15) is 0 Å². The summed E-state index contributed by atoms with van der Waals surface area (Å²) in [6.07, 6.45) is 42.3. The smallest absolute Gasteiger partial charge is 0.306 e. The van der Waals surface area contributed by atoms with Gasteiger partial charge < -0.3 is 14.2 Å². The van der Waals surface area contributed by atoms with E-state index in [4.69, 9.17) is 14.2 Å². The molecular weight excluding hydrogens is 721 g/mol. The van der Waals surface area contributed by atoms with Gasteiger partial charge in [-0.25, -0.2) is 0 Å². The molecule has 0 aliphatic carbocycles. The van der Waals surface area contributed by atoms with Crippen molar-refractivity contribution in [1.82, 2.24) is 0 Å². The molecular formula is C52H100O6. The average molecular weight is 821 g/mol. The van der Waals surface area contributed by atoms with E-state index in [2.05, 4.69) is 41.5 Å². The zero-order chi connectivity index (χ0) is 42.7. The Morgan fingerprint density at radius 3 is 0.897 bits per heavy atom. The third kappa shape index (κ3) is 44.0. The van der Waals surface area contributed by atoms with Crippen molar-refractivity contribution in [2.75, 3.05) is 13.2 Å². The predicted octanol–water partition coefficient (Wildman–Crippen LogP) is 16.4. The molecule has 58 heavy (non-hydrogen) atoms. The lowest BCUT2D eigenvalue weighted by Gasteiger charge is -2.18. The molecule has 0 aromatic carbocycles. The van der Waals surface area contributed by atoms with Crippen molar-refractivity contribution in [3.05, 3.63) is 0 Å². The van der Waals surface area contributed by atoms with E-state index in [1.54, 1.807) is 0 Å². The first kappa shape index (κ1) is 56.4. The molecule has 0 aromatic rings. The lowest BCUT2D eigenvalue weighted by Crippen LogP contribution is -2.30. The van der Waals surface area contributed by atoms with Gasteiger partial charge in [-0.05, 0) is 37.0 Å². The van der Waals surface area contributed by atoms with Gasteiger partial charge in [0.15, 0.2) is 6.10 Å². The van der Waals surface area contributed by atoms with Crippen molar-refractivity contribution in [1.29, 1.82) is 0 Å². The van der Waals surface area contributed by atoms with Crippen LogP contribution in [0.15, 0.2) is 0 Å². The van der Waals surface area contributed by atoms with Gasteiger partial charge in [0, 0.05) is 19.3 Å². The molecule has 0 aliphatic rings. The van der Waals surface area contributed by atoms with E-state index >= 15 is 0 Å². The van der Waals surface area contributed by atoms with E-state index in [0.717, 1.165) is 75.5 Å². The minimum atomic E-state index is -0.763. The van der Waals surface area contributed by atoms with Crippen molar-refractivity contribution >= 4 is 17.9 Å². The van der Waals surface area contributed by atoms with E-state index in [-0.39, 0.29) is 31.1 Å². The molecule has 6 nitrogen and oxygen atoms in total. The van der Waals surface area contributed by atoms with E-state index in [1.165, 1.54) is 161 Å². The van der Waals surface area contributed by atoms with Gasteiger partial charge in [0.2, 0.25) is 0 Å². The second kappa shape index (κ2) is 43.5. The van der Waals surface area contributed by atoms with Gasteiger partial charge in [0.25, 0.3) is 0 Å². The summed E-state index contributed by atoms with van der Waals surface area (Å²) in [7, 11) is 0. The summed E-state index contributed by atoms with van der Waals surface area (Å²) in [5, 5.41) is 0. The van der Waals surface area contributed by atoms with Gasteiger partial charge in [0.05, 0.1) is 0 Å². The molecule has 0 saturated heterocycles. The summed E-state index contributed by atoms with van der Waals surface area (Å²) in [5.41, 5.74) is 0. The summed E-state index contributed by atoms with van der Waals surface area (Å²) < 4.78 is 16.8. The van der Waals surface area contributed by atoms with Crippen LogP contribution in [-0.4, -0.2) is 37.2 Å². The summed E-state index contributed by atoms with van der Waals surface area (Å²) in [5.74, 6) is 1.62. The van der Waals surface area contributed by atoms with Crippen LogP contribution in [0.3, 0.4) is 0 Å². The van der Waals surface area contributed by atoms with Gasteiger partial charge >= 0.3 is 17.9 Å². The van der Waals surface area contributed by atoms with Crippen LogP contribution >= 0.6 is 0 Å². The number of unbranched alkanes of at least 4 members (excludes halogenated alkanes) is 27. The molecule has 0 aromatic heterocycles. The third-order valence-electron chi connectivity index (χ3n) is 12.0. The van der Waals surface area contributed by atoms with Crippen LogP contribution in [0, 0.1) is 17.8 Å². The Balaban J connectivity index is 4.30. The fourth-order valence-corrected chi connectivity index (χ4v) is 7.73. The van der Waals surface area contributed by atoms with E-state index in [9.17, 15) is 14.4 Å². The molecule has 0 N–H and O–H groups in total. The van der Waals surface area contributed by atoms with Crippen LogP contribution in [0.25, 0.3) is 0 Å². The van der Waals surface area contributed by atoms with Crippen LogP contribution in [0.1, 0.15) is 279 Å². The Bertz CT molecular complexity index is 900. The minimum absolute atomic E-state index is 0.0653. The maximum Gasteiger partial charge on any atom is 0.306 e. The first-order valence-electron chi connectivity index (χ1n) is 25.6. The molecule has 0 saturated carbocycles. The molecule has 6 heteroatoms. The molecule has 1 unspecified atom stereocenters. The summed E-state index contributed by atoms with van der Waals surface area (Å²) in [6, 6.07) is 0. The highest BCUT2D eigenvalue weighted by molar-refractivity contribution is 5.71. The van der Waals surface area contributed by atoms with Gasteiger partial charge in [-0.15, -0.1) is 0 Å². The Hall–Kier alpha value is -1.59. The van der Waals surface area contributed by atoms with Crippen molar-refractivity contribution in [2.45, 2.75) is 285 Å². The average Bonchev–Trinajstić information content (AvgIpc) is 3.19. The lowest BCUT2D eigenvalue weighted by atomic mass is 10.00. The Kier molecular flexibility index (Phi) is 42.3. The van der Waals surface area contributed by atoms with E-state index < -0.39 is 6.10 Å². The lowest BCUT2D eigenvalue weighted by molar-refractivity contribution is -0.167. The quantitative estimate of drug-likeness (QED) is 0.0346. The summed E-state index contributed by atoms with van der Waals surface area (Å²) >= 11 is 0. The maximum absolute atomic E-state index is 12.8. The van der Waals surface area contributed by atoms with Crippen molar-refractivity contribution < 1.29 is 28.6 Å². The molecule has 0 fully saturated rings. The monoisotopic (exact) mass is 821 g/mol. The molecule has 0 spiro atoms. The molecule has 0 heterocycles. The number of esters is 3. The minimum Gasteiger partial charge on any atom is -0.462 e. The largest absolute Gasteiger partial charge is 0.462 e. The standard InChI is InChI=1S/C52H100O6/c1-7-48(6)40-34-28-24-25-30-36-42-51(54)57-45-49(58-52(55)43-37-31-23-19-15-11-13-17-21-27-33-39-47(4)5)44-56-50(53)41-35-29-22-18-14-10-8-9-12-16-20-26-32-38-46(2)3/h46-49H,7-45H2,1-6H3/t48?,49-/m0/s1. The molecule has 0 aliphatic heterocycles. The summed E-state index contributed by atoms with van der Waals surface area (Å²) in [6.45, 7) is 13.7. The topological polar surface area (TPSA) is 78.9 Å². The van der Waals surface area contributed by atoms with Crippen LogP contribution in [0.4, 0.5) is 0 Å². The molecule has 0 radical (unpaired) electrons. The number of hydrogen-bond donors (Lipinski definition) is 0. The van der Waals surface area contributed by atoms with E-state index in [0.29, 0.717) is 19.3 Å². The third-order valence-corrected chi connectivity index (χ3v) is 12.0. The van der Waals surface area contributed by atoms with Crippen molar-refractivity contribution in [3.8, 4) is 0 Å². The van der Waals surface area contributed by atoms with Crippen molar-refractivity contribution in [2.24, 2.45) is 17.8 Å². The highest BCUT2D eigenvalue weighted by atomic mass is 16.6. The van der Waals surface area contributed by atoms with Crippen molar-refractivity contribution in [3.63, 3.8) is 0 Å². The SMILES string of the molecule is CCC(C)CCCCCCCCC(=O)OC[C@H](COC(=O)CCCCCCCCCCCCCCCC(C)C)OC(=O)CCCCCCCCCCCCCC(C)C. The molecule has 2 atom stereocenters. The highest BCUT2D eigenvalue weighted by Crippen LogP contribution is 2.18. The van der Waals surface area contributed by atoms with Gasteiger partial charge in [0.1, 0.15) is 13.2 Å². The maximum atomic E-state index is 12.8. The van der Waals surface area contributed by atoms with Crippen LogP contribution in [-0.2, 0) is 28.6 Å². The number of rotatable bonds is 45. The molecule has 0 amide bonds. The van der Waals surface area contributed by atoms with Gasteiger partial charge in [-0.3, -0.25) is 14.4 Å². The zero-order valence-corrected chi connectivity index (χ0v) is 39.8. The molecule has 344 valence electrons. The number of ether oxygens (including phenoxy) is 3. The van der Waals surface area contributed by atoms with Gasteiger partial charge in [-0.1, -0.05) is 241 Å². The second-order valence-electron chi connectivity index (χ2n) is 19.0. The number of carbonyl (C=O) groups excluding carboxylic acids is 3. The number of hydrogen-bond acceptors (Lipinski definition) is 6. The van der Waals surface area contributed by atoms with Crippen LogP contribution in [0.5, 0.6) is 0 Å². The Morgan fingerprint density at radius 1 is 0.345 bits per heavy atom. The summed E-state index contributed by atoms with van der Waals surface area (Å²) in [4.78, 5) is 37.9. The van der Waals surface area contributed by atoms with Crippen LogP contribution < -0.4 is 0 Å². The fourth-order valence-electron chi connectivity index (χ4n) is 7.73. The normalized spacial score (nSPS) is 12.6. The fraction of sp³-hybridized carbons (Fsp3) is 0.942. The molecule has 0 rings (SSSR count). The predicted molar refractivity (Wildman–Crippen MR) is 247 cm³/mol. The molecule has 0 bridgehead atoms. The highest BCUT2D eigenvalue weighted by Gasteiger charge is 2.19. The zero-order valence-electron chi connectivity index (χ0n) is 39.8. The first-order chi connectivity index (χ1) is 28.1. The Morgan fingerprint density at radius 2 is 0.603 bits per heavy atom. The first-order valence-corrected chi connectivity index (χ1v) is 25.6.